The Bertz CT molecular complexity index is 481. The second-order valence-electron chi connectivity index (χ2n) is 8.00. The zero-order chi connectivity index (χ0) is 14.8. The summed E-state index contributed by atoms with van der Waals surface area (Å²) in [5.41, 5.74) is 0.464. The number of aliphatic imine (C=N–C) groups is 1. The Morgan fingerprint density at radius 3 is 2.60 bits per heavy atom. The van der Waals surface area contributed by atoms with Crippen LogP contribution in [0.25, 0.3) is 0 Å². The van der Waals surface area contributed by atoms with Gasteiger partial charge in [-0.25, -0.2) is 4.79 Å². The summed E-state index contributed by atoms with van der Waals surface area (Å²) in [5, 5.41) is 0. The van der Waals surface area contributed by atoms with Crippen LogP contribution in [-0.2, 0) is 9.53 Å². The van der Waals surface area contributed by atoms with Crippen molar-refractivity contribution in [1.82, 2.24) is 0 Å². The minimum absolute atomic E-state index is 0.117. The van der Waals surface area contributed by atoms with Crippen LogP contribution in [0.4, 0.5) is 0 Å². The topological polar surface area (TPSA) is 38.7 Å². The average molecular weight is 277 g/mol. The lowest BCUT2D eigenvalue weighted by molar-refractivity contribution is -0.162. The minimum Gasteiger partial charge on any atom is -0.451 e. The van der Waals surface area contributed by atoms with Gasteiger partial charge in [0.25, 0.3) is 0 Å². The lowest BCUT2D eigenvalue weighted by Gasteiger charge is -2.42. The molecule has 0 aromatic carbocycles. The molecule has 3 aliphatic rings. The molecule has 3 nitrogen and oxygen atoms in total. The lowest BCUT2D eigenvalue weighted by Crippen LogP contribution is -2.54. The van der Waals surface area contributed by atoms with Crippen LogP contribution < -0.4 is 0 Å². The van der Waals surface area contributed by atoms with Crippen molar-refractivity contribution in [1.29, 1.82) is 0 Å². The molecule has 2 saturated carbocycles. The fourth-order valence-electron chi connectivity index (χ4n) is 4.23. The summed E-state index contributed by atoms with van der Waals surface area (Å²) in [5.74, 6) is 1.31. The van der Waals surface area contributed by atoms with E-state index in [0.717, 1.165) is 43.7 Å². The molecule has 2 fully saturated rings. The van der Waals surface area contributed by atoms with Gasteiger partial charge in [-0.1, -0.05) is 33.6 Å². The molecule has 1 aliphatic heterocycles. The molecule has 0 aromatic heterocycles. The first-order chi connectivity index (χ1) is 9.23. The zero-order valence-electron chi connectivity index (χ0n) is 13.5. The van der Waals surface area contributed by atoms with Gasteiger partial charge in [0.05, 0.1) is 5.71 Å². The van der Waals surface area contributed by atoms with Crippen LogP contribution in [0, 0.1) is 17.3 Å². The summed E-state index contributed by atoms with van der Waals surface area (Å²) < 4.78 is 5.91. The Balaban J connectivity index is 1.89. The zero-order valence-corrected chi connectivity index (χ0v) is 13.5. The number of esters is 1. The van der Waals surface area contributed by atoms with E-state index < -0.39 is 11.1 Å². The molecule has 20 heavy (non-hydrogen) atoms. The number of hydrogen-bond donors (Lipinski definition) is 0. The van der Waals surface area contributed by atoms with Crippen LogP contribution in [0.2, 0.25) is 0 Å². The highest BCUT2D eigenvalue weighted by Gasteiger charge is 2.65. The molecule has 0 amide bonds. The van der Waals surface area contributed by atoms with Crippen LogP contribution in [0.1, 0.15) is 66.7 Å². The smallest absolute Gasteiger partial charge is 0.334 e. The van der Waals surface area contributed by atoms with Gasteiger partial charge in [0.2, 0.25) is 0 Å². The van der Waals surface area contributed by atoms with Crippen molar-refractivity contribution in [3.63, 3.8) is 0 Å². The molecule has 4 atom stereocenters. The lowest BCUT2D eigenvalue weighted by atomic mass is 9.81. The van der Waals surface area contributed by atoms with Crippen molar-refractivity contribution in [3.8, 4) is 0 Å². The van der Waals surface area contributed by atoms with Crippen molar-refractivity contribution in [2.75, 3.05) is 0 Å². The molecule has 0 aromatic rings. The van der Waals surface area contributed by atoms with Gasteiger partial charge in [-0.15, -0.1) is 0 Å². The predicted molar refractivity (Wildman–Crippen MR) is 79.9 cm³/mol. The third-order valence-electron chi connectivity index (χ3n) is 6.08. The molecule has 2 aliphatic carbocycles. The van der Waals surface area contributed by atoms with Crippen molar-refractivity contribution in [2.24, 2.45) is 22.2 Å². The minimum atomic E-state index is -0.642. The van der Waals surface area contributed by atoms with Crippen LogP contribution in [0.15, 0.2) is 4.99 Å². The largest absolute Gasteiger partial charge is 0.451 e. The van der Waals surface area contributed by atoms with E-state index in [2.05, 4.69) is 27.7 Å². The van der Waals surface area contributed by atoms with Crippen LogP contribution >= 0.6 is 0 Å². The number of fused-ring (bicyclic) bond motifs is 2. The summed E-state index contributed by atoms with van der Waals surface area (Å²) in [6.07, 6.45) is 4.89. The number of ether oxygens (including phenoxy) is 1. The Labute approximate surface area is 122 Å². The molecular formula is C17H27NO2. The number of carbonyl (C=O) groups is 1. The molecule has 0 radical (unpaired) electrons. The number of nitrogens with zero attached hydrogens (tertiary/aromatic N) is 1. The second kappa shape index (κ2) is 4.08. The summed E-state index contributed by atoms with van der Waals surface area (Å²) in [7, 11) is 0. The van der Waals surface area contributed by atoms with Crippen LogP contribution in [0.3, 0.4) is 0 Å². The van der Waals surface area contributed by atoms with Gasteiger partial charge in [0.15, 0.2) is 5.54 Å². The molecule has 1 heterocycles. The van der Waals surface area contributed by atoms with Gasteiger partial charge in [0, 0.05) is 0 Å². The first-order valence-corrected chi connectivity index (χ1v) is 8.05. The van der Waals surface area contributed by atoms with E-state index in [0.29, 0.717) is 11.3 Å². The quantitative estimate of drug-likeness (QED) is 0.737. The van der Waals surface area contributed by atoms with E-state index in [4.69, 9.17) is 9.73 Å². The second-order valence-corrected chi connectivity index (χ2v) is 8.00. The van der Waals surface area contributed by atoms with Crippen LogP contribution in [0.5, 0.6) is 0 Å². The first-order valence-electron chi connectivity index (χ1n) is 8.05. The Morgan fingerprint density at radius 2 is 1.95 bits per heavy atom. The van der Waals surface area contributed by atoms with Gasteiger partial charge in [-0.3, -0.25) is 4.99 Å². The molecule has 3 heteroatoms. The summed E-state index contributed by atoms with van der Waals surface area (Å²) in [6.45, 7) is 10.8. The van der Waals surface area contributed by atoms with E-state index in [1.165, 1.54) is 0 Å². The van der Waals surface area contributed by atoms with Crippen LogP contribution in [-0.4, -0.2) is 22.8 Å². The average Bonchev–Trinajstić information content (AvgIpc) is 2.86. The monoisotopic (exact) mass is 277 g/mol. The first kappa shape index (κ1) is 14.1. The SMILES string of the molecule is CCCC[C@]1(C)N=C2C[C@@H]3[C@H](C[C@]2(C)OC1=O)C3(C)C. The van der Waals surface area contributed by atoms with E-state index in [-0.39, 0.29) is 5.97 Å². The fourth-order valence-corrected chi connectivity index (χ4v) is 4.23. The van der Waals surface area contributed by atoms with Crippen molar-refractivity contribution in [3.05, 3.63) is 0 Å². The van der Waals surface area contributed by atoms with Gasteiger partial charge in [0.1, 0.15) is 5.60 Å². The molecule has 0 saturated heterocycles. The van der Waals surface area contributed by atoms with Gasteiger partial charge < -0.3 is 4.74 Å². The highest BCUT2D eigenvalue weighted by atomic mass is 16.6. The normalized spacial score (nSPS) is 45.0. The number of carbonyl (C=O) groups excluding carboxylic acids is 1. The number of hydrogen-bond acceptors (Lipinski definition) is 3. The van der Waals surface area contributed by atoms with Gasteiger partial charge in [-0.05, 0) is 50.4 Å². The Kier molecular flexibility index (Phi) is 2.88. The van der Waals surface area contributed by atoms with Crippen molar-refractivity contribution >= 4 is 11.7 Å². The van der Waals surface area contributed by atoms with Gasteiger partial charge in [-0.2, -0.15) is 0 Å². The van der Waals surface area contributed by atoms with Gasteiger partial charge >= 0.3 is 5.97 Å². The standard InChI is InChI=1S/C17H27NO2/c1-6-7-8-16(4)14(19)20-17(5)10-12-11(15(12,2)3)9-13(17)18-16/h11-12H,6-10H2,1-5H3/t11-,12+,16+,17+/m1/s1. The number of rotatable bonds is 3. The van der Waals surface area contributed by atoms with E-state index in [1.807, 2.05) is 6.92 Å². The molecule has 0 N–H and O–H groups in total. The van der Waals surface area contributed by atoms with E-state index >= 15 is 0 Å². The molecule has 0 spiro atoms. The third-order valence-corrected chi connectivity index (χ3v) is 6.08. The van der Waals surface area contributed by atoms with Crippen molar-refractivity contribution < 1.29 is 9.53 Å². The maximum Gasteiger partial charge on any atom is 0.334 e. The predicted octanol–water partition coefficient (Wildman–Crippen LogP) is 3.76. The van der Waals surface area contributed by atoms with E-state index in [1.54, 1.807) is 0 Å². The molecule has 112 valence electrons. The molecule has 0 unspecified atom stereocenters. The molecular weight excluding hydrogens is 250 g/mol. The Hall–Kier alpha value is -0.860. The maximum absolute atomic E-state index is 12.4. The highest BCUT2D eigenvalue weighted by molar-refractivity contribution is 6.01. The summed E-state index contributed by atoms with van der Waals surface area (Å²) >= 11 is 0. The highest BCUT2D eigenvalue weighted by Crippen LogP contribution is 2.66. The summed E-state index contributed by atoms with van der Waals surface area (Å²) in [6, 6.07) is 0. The Morgan fingerprint density at radius 1 is 1.25 bits per heavy atom. The molecule has 0 bridgehead atoms. The maximum atomic E-state index is 12.4. The summed E-state index contributed by atoms with van der Waals surface area (Å²) in [4.78, 5) is 17.3. The van der Waals surface area contributed by atoms with E-state index in [9.17, 15) is 4.79 Å². The molecule has 3 rings (SSSR count). The fraction of sp³-hybridized carbons (Fsp3) is 0.882. The third kappa shape index (κ3) is 1.85. The number of unbranched alkanes of at least 4 members (excludes halogenated alkanes) is 1. The van der Waals surface area contributed by atoms with Crippen molar-refractivity contribution in [2.45, 2.75) is 77.9 Å².